The molecule has 128 valence electrons. The van der Waals surface area contributed by atoms with Crippen LogP contribution in [0.25, 0.3) is 0 Å². The Bertz CT molecular complexity index is 721. The van der Waals surface area contributed by atoms with Gasteiger partial charge in [-0.3, -0.25) is 4.79 Å². The van der Waals surface area contributed by atoms with Crippen molar-refractivity contribution >= 4 is 28.5 Å². The Balaban J connectivity index is 2.04. The highest BCUT2D eigenvalue weighted by Crippen LogP contribution is 2.21. The molecule has 0 amide bonds. The van der Waals surface area contributed by atoms with Crippen LogP contribution in [0.4, 0.5) is 22.7 Å². The van der Waals surface area contributed by atoms with Crippen LogP contribution in [0.15, 0.2) is 42.5 Å². The molecule has 2 unspecified atom stereocenters. The topological polar surface area (TPSA) is 151 Å². The molecule has 0 aliphatic carbocycles. The quantitative estimate of drug-likeness (QED) is 0.232. The Morgan fingerprint density at radius 1 is 1.12 bits per heavy atom. The molecule has 0 aliphatic heterocycles. The molecule has 2 aromatic rings. The lowest BCUT2D eigenvalue weighted by atomic mass is 10.1. The maximum Gasteiger partial charge on any atom is 0.193 e. The summed E-state index contributed by atoms with van der Waals surface area (Å²) in [5, 5.41) is 40.6. The van der Waals surface area contributed by atoms with E-state index in [1.807, 2.05) is 0 Å². The fourth-order valence-electron chi connectivity index (χ4n) is 2.20. The van der Waals surface area contributed by atoms with E-state index in [1.165, 1.54) is 12.1 Å². The van der Waals surface area contributed by atoms with E-state index < -0.39 is 10.5 Å². The summed E-state index contributed by atoms with van der Waals surface area (Å²) in [5.74, 6) is -0.167. The van der Waals surface area contributed by atoms with Gasteiger partial charge in [0.15, 0.2) is 17.2 Å². The SMILES string of the molecule is Nc1ccccc1C(=O)CCNc1ccc([NH+]([O-])O)cc1[NH+]([O-])O. The summed E-state index contributed by atoms with van der Waals surface area (Å²) in [4.78, 5) is 12.1. The first-order valence-electron chi connectivity index (χ1n) is 7.12. The summed E-state index contributed by atoms with van der Waals surface area (Å²) in [6.07, 6.45) is 0.119. The molecule has 0 aliphatic rings. The lowest BCUT2D eigenvalue weighted by Gasteiger charge is -2.19. The number of ketones is 1. The maximum atomic E-state index is 12.1. The molecule has 0 bridgehead atoms. The lowest BCUT2D eigenvalue weighted by Crippen LogP contribution is -3.00. The van der Waals surface area contributed by atoms with Crippen molar-refractivity contribution in [2.45, 2.75) is 6.42 Å². The zero-order chi connectivity index (χ0) is 17.7. The number of carbonyl (C=O) groups is 1. The molecule has 0 aromatic heterocycles. The fraction of sp³-hybridized carbons (Fsp3) is 0.133. The van der Waals surface area contributed by atoms with Gasteiger partial charge >= 0.3 is 0 Å². The van der Waals surface area contributed by atoms with E-state index >= 15 is 0 Å². The second-order valence-electron chi connectivity index (χ2n) is 5.06. The summed E-state index contributed by atoms with van der Waals surface area (Å²) >= 11 is 0. The van der Waals surface area contributed by atoms with Crippen LogP contribution in [0.1, 0.15) is 16.8 Å². The van der Waals surface area contributed by atoms with Gasteiger partial charge in [0.25, 0.3) is 0 Å². The Morgan fingerprint density at radius 3 is 2.46 bits per heavy atom. The molecular formula is C15H18N4O5. The first-order chi connectivity index (χ1) is 11.4. The Labute approximate surface area is 137 Å². The number of hydrogen-bond donors (Lipinski definition) is 6. The van der Waals surface area contributed by atoms with Crippen LogP contribution in [-0.2, 0) is 0 Å². The van der Waals surface area contributed by atoms with Gasteiger partial charge in [0.05, 0.1) is 11.8 Å². The molecule has 0 spiro atoms. The third kappa shape index (κ3) is 4.26. The summed E-state index contributed by atoms with van der Waals surface area (Å²) in [6.45, 7) is 0.194. The number of carbonyl (C=O) groups excluding carboxylic acids is 1. The third-order valence-corrected chi connectivity index (χ3v) is 3.43. The normalized spacial score (nSPS) is 13.3. The first-order valence-corrected chi connectivity index (χ1v) is 7.12. The van der Waals surface area contributed by atoms with Crippen molar-refractivity contribution in [3.05, 3.63) is 58.4 Å². The molecule has 0 saturated carbocycles. The van der Waals surface area contributed by atoms with E-state index in [0.29, 0.717) is 11.3 Å². The zero-order valence-electron chi connectivity index (χ0n) is 12.7. The number of quaternary nitrogens is 2. The van der Waals surface area contributed by atoms with E-state index in [2.05, 4.69) is 5.32 Å². The number of anilines is 2. The van der Waals surface area contributed by atoms with Crippen molar-refractivity contribution in [1.82, 2.24) is 0 Å². The Morgan fingerprint density at radius 2 is 1.83 bits per heavy atom. The molecule has 0 heterocycles. The van der Waals surface area contributed by atoms with Crippen LogP contribution in [0, 0.1) is 10.4 Å². The number of hydrogen-bond acceptors (Lipinski definition) is 7. The molecule has 2 rings (SSSR count). The minimum atomic E-state index is -1.25. The number of nitrogens with one attached hydrogen (secondary N) is 3. The van der Waals surface area contributed by atoms with Crippen LogP contribution in [0.3, 0.4) is 0 Å². The van der Waals surface area contributed by atoms with Gasteiger partial charge in [-0.25, -0.2) is 10.4 Å². The number of nitrogens with two attached hydrogens (primary N) is 1. The lowest BCUT2D eigenvalue weighted by molar-refractivity contribution is -0.996. The minimum Gasteiger partial charge on any atom is -0.595 e. The van der Waals surface area contributed by atoms with E-state index in [0.717, 1.165) is 6.07 Å². The molecule has 7 N–H and O–H groups in total. The number of benzene rings is 2. The predicted molar refractivity (Wildman–Crippen MR) is 86.3 cm³/mol. The van der Waals surface area contributed by atoms with E-state index in [4.69, 9.17) is 10.9 Å². The van der Waals surface area contributed by atoms with Crippen molar-refractivity contribution in [2.24, 2.45) is 0 Å². The van der Waals surface area contributed by atoms with Gasteiger partial charge < -0.3 is 21.5 Å². The summed E-state index contributed by atoms with van der Waals surface area (Å²) in [7, 11) is 0. The Hall–Kier alpha value is -2.53. The summed E-state index contributed by atoms with van der Waals surface area (Å²) in [5.41, 5.74) is 6.51. The number of Topliss-reactive ketones (excluding diaryl/α,β-unsaturated/α-hetero) is 1. The van der Waals surface area contributed by atoms with Gasteiger partial charge in [0.2, 0.25) is 0 Å². The summed E-state index contributed by atoms with van der Waals surface area (Å²) < 4.78 is 0. The van der Waals surface area contributed by atoms with Crippen LogP contribution >= 0.6 is 0 Å². The maximum absolute atomic E-state index is 12.1. The average Bonchev–Trinajstić information content (AvgIpc) is 2.55. The van der Waals surface area contributed by atoms with Crippen LogP contribution in [-0.4, -0.2) is 22.7 Å². The van der Waals surface area contributed by atoms with Gasteiger partial charge in [0.1, 0.15) is 0 Å². The van der Waals surface area contributed by atoms with E-state index in [1.54, 1.807) is 24.3 Å². The average molecular weight is 334 g/mol. The molecule has 9 nitrogen and oxygen atoms in total. The van der Waals surface area contributed by atoms with Gasteiger partial charge in [-0.05, 0) is 18.2 Å². The van der Waals surface area contributed by atoms with Crippen molar-refractivity contribution in [3.63, 3.8) is 0 Å². The monoisotopic (exact) mass is 334 g/mol. The fourth-order valence-corrected chi connectivity index (χ4v) is 2.20. The van der Waals surface area contributed by atoms with Gasteiger partial charge in [-0.15, -0.1) is 0 Å². The molecule has 2 aromatic carbocycles. The predicted octanol–water partition coefficient (Wildman–Crippen LogP) is -0.239. The van der Waals surface area contributed by atoms with Crippen molar-refractivity contribution < 1.29 is 25.7 Å². The minimum absolute atomic E-state index is 0.119. The Kier molecular flexibility index (Phi) is 5.82. The van der Waals surface area contributed by atoms with Crippen LogP contribution in [0.5, 0.6) is 0 Å². The smallest absolute Gasteiger partial charge is 0.193 e. The highest BCUT2D eigenvalue weighted by Gasteiger charge is 2.14. The van der Waals surface area contributed by atoms with Crippen LogP contribution < -0.4 is 21.5 Å². The van der Waals surface area contributed by atoms with Gasteiger partial charge in [0, 0.05) is 30.3 Å². The first kappa shape index (κ1) is 17.8. The second-order valence-corrected chi connectivity index (χ2v) is 5.06. The third-order valence-electron chi connectivity index (χ3n) is 3.43. The van der Waals surface area contributed by atoms with Crippen molar-refractivity contribution in [1.29, 1.82) is 0 Å². The van der Waals surface area contributed by atoms with Gasteiger partial charge in [-0.1, -0.05) is 12.1 Å². The number of nitrogen functional groups attached to an aromatic ring is 1. The highest BCUT2D eigenvalue weighted by atomic mass is 16.8. The van der Waals surface area contributed by atoms with Crippen molar-refractivity contribution in [2.75, 3.05) is 17.6 Å². The van der Waals surface area contributed by atoms with Crippen LogP contribution in [0.2, 0.25) is 0 Å². The summed E-state index contributed by atoms with van der Waals surface area (Å²) in [6, 6.07) is 10.4. The van der Waals surface area contributed by atoms with E-state index in [9.17, 15) is 20.4 Å². The molecule has 0 fully saturated rings. The second kappa shape index (κ2) is 7.84. The highest BCUT2D eigenvalue weighted by molar-refractivity contribution is 6.00. The molecule has 0 saturated heterocycles. The number of para-hydroxylation sites is 1. The molecule has 0 radical (unpaired) electrons. The standard InChI is InChI=1S/C15H18N4O5/c16-12-4-2-1-3-11(12)15(20)7-8-17-13-6-5-10(18(21)22)9-14(13)19(23)24/h1-6,9,17-19,21,23H,7-8,16H2. The van der Waals surface area contributed by atoms with E-state index in [-0.39, 0.29) is 35.8 Å². The molecule has 24 heavy (non-hydrogen) atoms. The molecular weight excluding hydrogens is 316 g/mol. The van der Waals surface area contributed by atoms with Gasteiger partial charge in [-0.2, -0.15) is 10.5 Å². The molecule has 2 atom stereocenters. The molecule has 9 heteroatoms. The largest absolute Gasteiger partial charge is 0.595 e. The number of rotatable bonds is 7. The zero-order valence-corrected chi connectivity index (χ0v) is 12.7. The van der Waals surface area contributed by atoms with Crippen molar-refractivity contribution in [3.8, 4) is 0 Å².